The first kappa shape index (κ1) is 9.57. The molecular weight excluding hydrogens is 170 g/mol. The Morgan fingerprint density at radius 2 is 2.21 bits per heavy atom. The molecule has 1 unspecified atom stereocenters. The summed E-state index contributed by atoms with van der Waals surface area (Å²) in [5.74, 6) is 0. The van der Waals surface area contributed by atoms with Gasteiger partial charge in [0.2, 0.25) is 0 Å². The highest BCUT2D eigenvalue weighted by atomic mass is 15.0. The number of anilines is 1. The molecule has 1 aromatic rings. The zero-order valence-electron chi connectivity index (χ0n) is 9.35. The molecule has 76 valence electrons. The highest BCUT2D eigenvalue weighted by Crippen LogP contribution is 2.32. The van der Waals surface area contributed by atoms with Crippen LogP contribution in [0, 0.1) is 6.92 Å². The van der Waals surface area contributed by atoms with Crippen LogP contribution in [0.4, 0.5) is 5.69 Å². The molecule has 1 heteroatoms. The maximum absolute atomic E-state index is 3.66. The van der Waals surface area contributed by atoms with Gasteiger partial charge in [-0.1, -0.05) is 19.1 Å². The van der Waals surface area contributed by atoms with Crippen LogP contribution in [0.2, 0.25) is 0 Å². The van der Waals surface area contributed by atoms with Crippen molar-refractivity contribution in [2.24, 2.45) is 0 Å². The SMILES string of the molecule is CCC1(C)CCc2ccc(C)cc2N1. The van der Waals surface area contributed by atoms with Gasteiger partial charge in [0.1, 0.15) is 0 Å². The van der Waals surface area contributed by atoms with Gasteiger partial charge in [-0.15, -0.1) is 0 Å². The van der Waals surface area contributed by atoms with Gasteiger partial charge in [0.05, 0.1) is 0 Å². The summed E-state index contributed by atoms with van der Waals surface area (Å²) in [6.45, 7) is 6.73. The van der Waals surface area contributed by atoms with Crippen LogP contribution in [0.25, 0.3) is 0 Å². The fraction of sp³-hybridized carbons (Fsp3) is 0.538. The number of fused-ring (bicyclic) bond motifs is 1. The lowest BCUT2D eigenvalue weighted by atomic mass is 9.85. The Balaban J connectivity index is 2.33. The maximum Gasteiger partial charge on any atom is 0.0379 e. The number of hydrogen-bond donors (Lipinski definition) is 1. The van der Waals surface area contributed by atoms with E-state index in [0.29, 0.717) is 5.54 Å². The predicted molar refractivity (Wildman–Crippen MR) is 61.8 cm³/mol. The molecule has 1 aliphatic heterocycles. The molecule has 0 saturated heterocycles. The number of benzene rings is 1. The van der Waals surface area contributed by atoms with Crippen molar-refractivity contribution in [3.8, 4) is 0 Å². The Kier molecular flexibility index (Phi) is 2.26. The Bertz CT molecular complexity index is 343. The summed E-state index contributed by atoms with van der Waals surface area (Å²) < 4.78 is 0. The van der Waals surface area contributed by atoms with Gasteiger partial charge in [-0.05, 0) is 50.3 Å². The molecule has 14 heavy (non-hydrogen) atoms. The Labute approximate surface area is 86.5 Å². The molecule has 1 atom stereocenters. The van der Waals surface area contributed by atoms with Crippen LogP contribution < -0.4 is 5.32 Å². The quantitative estimate of drug-likeness (QED) is 0.712. The molecule has 0 radical (unpaired) electrons. The minimum atomic E-state index is 0.306. The first-order valence-electron chi connectivity index (χ1n) is 5.51. The van der Waals surface area contributed by atoms with Crippen LogP contribution in [0.5, 0.6) is 0 Å². The molecule has 0 aromatic heterocycles. The highest BCUT2D eigenvalue weighted by Gasteiger charge is 2.26. The lowest BCUT2D eigenvalue weighted by molar-refractivity contribution is 0.444. The molecule has 1 aromatic carbocycles. The maximum atomic E-state index is 3.66. The largest absolute Gasteiger partial charge is 0.380 e. The van der Waals surface area contributed by atoms with Crippen molar-refractivity contribution >= 4 is 5.69 Å². The molecule has 0 aliphatic carbocycles. The zero-order valence-corrected chi connectivity index (χ0v) is 9.35. The van der Waals surface area contributed by atoms with Gasteiger partial charge in [0.25, 0.3) is 0 Å². The summed E-state index contributed by atoms with van der Waals surface area (Å²) in [4.78, 5) is 0. The number of rotatable bonds is 1. The van der Waals surface area contributed by atoms with E-state index in [9.17, 15) is 0 Å². The van der Waals surface area contributed by atoms with Gasteiger partial charge in [-0.2, -0.15) is 0 Å². The standard InChI is InChI=1S/C13H19N/c1-4-13(3)8-7-11-6-5-10(2)9-12(11)14-13/h5-6,9,14H,4,7-8H2,1-3H3. The van der Waals surface area contributed by atoms with Gasteiger partial charge in [0.15, 0.2) is 0 Å². The molecule has 1 N–H and O–H groups in total. The molecular formula is C13H19N. The Morgan fingerprint density at radius 1 is 1.43 bits per heavy atom. The molecule has 0 spiro atoms. The first-order chi connectivity index (χ1) is 6.63. The van der Waals surface area contributed by atoms with Crippen LogP contribution in [0.1, 0.15) is 37.8 Å². The minimum Gasteiger partial charge on any atom is -0.380 e. The third kappa shape index (κ3) is 1.63. The normalized spacial score (nSPS) is 25.4. The summed E-state index contributed by atoms with van der Waals surface area (Å²) >= 11 is 0. The van der Waals surface area contributed by atoms with E-state index in [1.807, 2.05) is 0 Å². The van der Waals surface area contributed by atoms with E-state index in [4.69, 9.17) is 0 Å². The lowest BCUT2D eigenvalue weighted by Crippen LogP contribution is -2.37. The average Bonchev–Trinajstić information content (AvgIpc) is 2.17. The zero-order chi connectivity index (χ0) is 10.2. The summed E-state index contributed by atoms with van der Waals surface area (Å²) in [6, 6.07) is 6.73. The van der Waals surface area contributed by atoms with E-state index in [1.54, 1.807) is 0 Å². The van der Waals surface area contributed by atoms with E-state index in [0.717, 1.165) is 0 Å². The number of hydrogen-bond acceptors (Lipinski definition) is 1. The fourth-order valence-corrected chi connectivity index (χ4v) is 2.09. The second-order valence-corrected chi connectivity index (χ2v) is 4.70. The summed E-state index contributed by atoms with van der Waals surface area (Å²) in [7, 11) is 0. The molecule has 2 rings (SSSR count). The smallest absolute Gasteiger partial charge is 0.0379 e. The van der Waals surface area contributed by atoms with Crippen LogP contribution >= 0.6 is 0 Å². The summed E-state index contributed by atoms with van der Waals surface area (Å²) in [5.41, 5.74) is 4.47. The molecule has 0 saturated carbocycles. The first-order valence-corrected chi connectivity index (χ1v) is 5.51. The second kappa shape index (κ2) is 3.30. The van der Waals surface area contributed by atoms with Crippen molar-refractivity contribution in [3.05, 3.63) is 29.3 Å². The molecule has 1 nitrogen and oxygen atoms in total. The van der Waals surface area contributed by atoms with E-state index in [2.05, 4.69) is 44.3 Å². The molecule has 0 amide bonds. The summed E-state index contributed by atoms with van der Waals surface area (Å²) in [6.07, 6.45) is 3.66. The van der Waals surface area contributed by atoms with E-state index in [1.165, 1.54) is 36.1 Å². The van der Waals surface area contributed by atoms with E-state index < -0.39 is 0 Å². The molecule has 1 heterocycles. The van der Waals surface area contributed by atoms with Crippen molar-refractivity contribution in [2.75, 3.05) is 5.32 Å². The molecule has 1 aliphatic rings. The van der Waals surface area contributed by atoms with Gasteiger partial charge < -0.3 is 5.32 Å². The van der Waals surface area contributed by atoms with E-state index in [-0.39, 0.29) is 0 Å². The monoisotopic (exact) mass is 189 g/mol. The van der Waals surface area contributed by atoms with Crippen LogP contribution in [0.3, 0.4) is 0 Å². The number of aryl methyl sites for hydroxylation is 2. The van der Waals surface area contributed by atoms with Crippen LogP contribution in [0.15, 0.2) is 18.2 Å². The molecule has 0 fully saturated rings. The van der Waals surface area contributed by atoms with Crippen molar-refractivity contribution < 1.29 is 0 Å². The van der Waals surface area contributed by atoms with Crippen molar-refractivity contribution in [3.63, 3.8) is 0 Å². The lowest BCUT2D eigenvalue weighted by Gasteiger charge is -2.36. The van der Waals surface area contributed by atoms with Gasteiger partial charge >= 0.3 is 0 Å². The second-order valence-electron chi connectivity index (χ2n) is 4.70. The molecule has 0 bridgehead atoms. The van der Waals surface area contributed by atoms with Crippen LogP contribution in [-0.2, 0) is 6.42 Å². The third-order valence-corrected chi connectivity index (χ3v) is 3.43. The predicted octanol–water partition coefficient (Wildman–Crippen LogP) is 3.52. The van der Waals surface area contributed by atoms with Gasteiger partial charge in [-0.25, -0.2) is 0 Å². The van der Waals surface area contributed by atoms with Gasteiger partial charge in [-0.3, -0.25) is 0 Å². The van der Waals surface area contributed by atoms with Crippen LogP contribution in [-0.4, -0.2) is 5.54 Å². The summed E-state index contributed by atoms with van der Waals surface area (Å²) in [5, 5.41) is 3.66. The van der Waals surface area contributed by atoms with Crippen molar-refractivity contribution in [1.29, 1.82) is 0 Å². The average molecular weight is 189 g/mol. The fourth-order valence-electron chi connectivity index (χ4n) is 2.09. The van der Waals surface area contributed by atoms with E-state index >= 15 is 0 Å². The number of nitrogens with one attached hydrogen (secondary N) is 1. The topological polar surface area (TPSA) is 12.0 Å². The third-order valence-electron chi connectivity index (χ3n) is 3.43. The highest BCUT2D eigenvalue weighted by molar-refractivity contribution is 5.56. The Morgan fingerprint density at radius 3 is 2.93 bits per heavy atom. The minimum absolute atomic E-state index is 0.306. The van der Waals surface area contributed by atoms with Gasteiger partial charge in [0, 0.05) is 11.2 Å². The van der Waals surface area contributed by atoms with Crippen molar-refractivity contribution in [2.45, 2.75) is 45.6 Å². The Hall–Kier alpha value is -0.980. The van der Waals surface area contributed by atoms with Crippen molar-refractivity contribution in [1.82, 2.24) is 0 Å².